The number of rotatable bonds is 6. The van der Waals surface area contributed by atoms with Crippen molar-refractivity contribution in [3.63, 3.8) is 0 Å². The quantitative estimate of drug-likeness (QED) is 0.409. The van der Waals surface area contributed by atoms with Gasteiger partial charge in [-0.1, -0.05) is 32.9 Å². The van der Waals surface area contributed by atoms with E-state index in [2.05, 4.69) is 38.3 Å². The number of amides is 2. The maximum Gasteiger partial charge on any atom is 0.257 e. The Morgan fingerprint density at radius 1 is 1.17 bits per heavy atom. The fraction of sp³-hybridized carbons (Fsp3) is 0.667. The fourth-order valence-corrected chi connectivity index (χ4v) is 9.71. The van der Waals surface area contributed by atoms with Crippen molar-refractivity contribution in [2.24, 2.45) is 23.2 Å². The summed E-state index contributed by atoms with van der Waals surface area (Å²) in [4.78, 5) is 37.7. The lowest BCUT2D eigenvalue weighted by molar-refractivity contribution is -1.01. The lowest BCUT2D eigenvalue weighted by Crippen LogP contribution is -3.26. The number of thiazole rings is 1. The van der Waals surface area contributed by atoms with E-state index in [1.165, 1.54) is 36.6 Å². The van der Waals surface area contributed by atoms with Gasteiger partial charge in [-0.3, -0.25) is 14.9 Å². The first-order chi connectivity index (χ1) is 20.1. The van der Waals surface area contributed by atoms with Crippen molar-refractivity contribution in [2.75, 3.05) is 51.6 Å². The number of nitrogens with zero attached hydrogens (tertiary/aromatic N) is 2. The van der Waals surface area contributed by atoms with Crippen LogP contribution in [0.15, 0.2) is 24.3 Å². The van der Waals surface area contributed by atoms with Crippen LogP contribution in [-0.4, -0.2) is 79.2 Å². The number of carbonyl (C=O) groups is 2. The van der Waals surface area contributed by atoms with Gasteiger partial charge in [0.2, 0.25) is 5.91 Å². The molecule has 228 valence electrons. The van der Waals surface area contributed by atoms with Gasteiger partial charge in [-0.05, 0) is 61.5 Å². The van der Waals surface area contributed by atoms with Crippen LogP contribution in [-0.2, 0) is 17.8 Å². The fourth-order valence-electron chi connectivity index (χ4n) is 8.45. The third-order valence-corrected chi connectivity index (χ3v) is 12.1. The van der Waals surface area contributed by atoms with Gasteiger partial charge in [0.25, 0.3) is 5.91 Å². The normalized spacial score (nSPS) is 33.5. The smallest absolute Gasteiger partial charge is 0.257 e. The average Bonchev–Trinajstić information content (AvgIpc) is 3.64. The highest BCUT2D eigenvalue weighted by Gasteiger charge is 2.54. The standard InChI is InChI=1S/C33H47N5O3S/c1-21(31(41)38-13-5-6-14-38)25-11-12-33(3)19-26-28(22(2)27(33)29(25)39)34-32(42-26)35-30(40)24-9-7-23(8-10-24)20-37-17-15-36(4)16-18-37/h7-10,21-22,25,27,29,39H,5-6,11-20H2,1-4H3,(H,34,35,40)/p+2/t21?,22?,25?,27?,29?,33-/m1/s1. The highest BCUT2D eigenvalue weighted by Crippen LogP contribution is 2.57. The molecular weight excluding hydrogens is 546 g/mol. The largest absolute Gasteiger partial charge is 0.392 e. The number of aromatic nitrogens is 1. The Morgan fingerprint density at radius 2 is 1.86 bits per heavy atom. The zero-order valence-electron chi connectivity index (χ0n) is 25.7. The molecule has 6 atom stereocenters. The third kappa shape index (κ3) is 5.77. The van der Waals surface area contributed by atoms with Crippen molar-refractivity contribution in [3.05, 3.63) is 46.0 Å². The van der Waals surface area contributed by atoms with Crippen molar-refractivity contribution in [3.8, 4) is 0 Å². The summed E-state index contributed by atoms with van der Waals surface area (Å²) < 4.78 is 0. The van der Waals surface area contributed by atoms with Gasteiger partial charge >= 0.3 is 0 Å². The molecule has 2 amide bonds. The highest BCUT2D eigenvalue weighted by atomic mass is 32.1. The van der Waals surface area contributed by atoms with Gasteiger partial charge in [0.05, 0.1) is 18.8 Å². The van der Waals surface area contributed by atoms with Crippen molar-refractivity contribution in [2.45, 2.75) is 71.4 Å². The molecule has 0 bridgehead atoms. The molecule has 2 aromatic rings. The molecule has 3 heterocycles. The SMILES string of the molecule is CC(C(=O)N1CCCC1)C1CC[C@]2(C)Cc3sc(NC(=O)c4ccc(C[NH+]5CC[NH+](C)CC5)cc4)nc3C(C)C2C1O. The number of quaternary nitrogens is 2. The number of aliphatic hydroxyl groups excluding tert-OH is 1. The maximum atomic E-state index is 13.2. The first-order valence-corrected chi connectivity index (χ1v) is 17.0. The Morgan fingerprint density at radius 3 is 2.55 bits per heavy atom. The van der Waals surface area contributed by atoms with E-state index < -0.39 is 6.10 Å². The molecule has 1 aromatic heterocycles. The van der Waals surface area contributed by atoms with Crippen LogP contribution in [0.4, 0.5) is 5.13 Å². The molecule has 42 heavy (non-hydrogen) atoms. The predicted octanol–water partition coefficient (Wildman–Crippen LogP) is 1.62. The van der Waals surface area contributed by atoms with Crippen LogP contribution in [0.25, 0.3) is 0 Å². The van der Waals surface area contributed by atoms with Crippen LogP contribution >= 0.6 is 11.3 Å². The topological polar surface area (TPSA) is 91.4 Å². The number of nitrogens with one attached hydrogen (secondary N) is 3. The number of fused-ring (bicyclic) bond motifs is 2. The third-order valence-electron chi connectivity index (χ3n) is 11.1. The van der Waals surface area contributed by atoms with Gasteiger partial charge in [-0.25, -0.2) is 4.98 Å². The van der Waals surface area contributed by atoms with E-state index in [1.54, 1.807) is 21.1 Å². The van der Waals surface area contributed by atoms with Gasteiger partial charge < -0.3 is 19.8 Å². The summed E-state index contributed by atoms with van der Waals surface area (Å²) in [5, 5.41) is 15.5. The Kier molecular flexibility index (Phi) is 8.48. The molecule has 2 aliphatic heterocycles. The van der Waals surface area contributed by atoms with Gasteiger partial charge in [0.15, 0.2) is 5.13 Å². The van der Waals surface area contributed by atoms with Gasteiger partial charge in [-0.15, -0.1) is 11.3 Å². The molecule has 4 N–H and O–H groups in total. The van der Waals surface area contributed by atoms with Crippen LogP contribution in [0.2, 0.25) is 0 Å². The molecule has 1 saturated carbocycles. The monoisotopic (exact) mass is 595 g/mol. The van der Waals surface area contributed by atoms with Crippen molar-refractivity contribution in [1.29, 1.82) is 0 Å². The second-order valence-electron chi connectivity index (χ2n) is 14.0. The first kappa shape index (κ1) is 29.7. The van der Waals surface area contributed by atoms with Crippen LogP contribution in [0.1, 0.15) is 78.9 Å². The van der Waals surface area contributed by atoms with E-state index in [9.17, 15) is 14.7 Å². The van der Waals surface area contributed by atoms with E-state index in [-0.39, 0.29) is 40.9 Å². The van der Waals surface area contributed by atoms with Gasteiger partial charge in [0.1, 0.15) is 32.7 Å². The Bertz CT molecular complexity index is 1280. The zero-order valence-corrected chi connectivity index (χ0v) is 26.6. The van der Waals surface area contributed by atoms with Crippen molar-refractivity contribution in [1.82, 2.24) is 9.88 Å². The number of likely N-dealkylation sites (tertiary alicyclic amines) is 1. The molecule has 6 rings (SSSR count). The van der Waals surface area contributed by atoms with Gasteiger partial charge in [-0.2, -0.15) is 0 Å². The number of carbonyl (C=O) groups excluding carboxylic acids is 2. The zero-order chi connectivity index (χ0) is 29.6. The van der Waals surface area contributed by atoms with E-state index >= 15 is 0 Å². The molecular formula is C33H49N5O3S+2. The van der Waals surface area contributed by atoms with Crippen LogP contribution < -0.4 is 15.1 Å². The molecule has 2 aliphatic carbocycles. The summed E-state index contributed by atoms with van der Waals surface area (Å²) in [7, 11) is 2.26. The number of hydrogen-bond acceptors (Lipinski definition) is 5. The Hall–Kier alpha value is -2.33. The van der Waals surface area contributed by atoms with Crippen LogP contribution in [0.5, 0.6) is 0 Å². The summed E-state index contributed by atoms with van der Waals surface area (Å²) in [6, 6.07) is 8.03. The lowest BCUT2D eigenvalue weighted by atomic mass is 9.53. The summed E-state index contributed by atoms with van der Waals surface area (Å²) in [6.45, 7) is 14.0. The molecule has 3 fully saturated rings. The molecule has 5 unspecified atom stereocenters. The van der Waals surface area contributed by atoms with E-state index in [0.29, 0.717) is 10.7 Å². The lowest BCUT2D eigenvalue weighted by Gasteiger charge is -2.53. The van der Waals surface area contributed by atoms with E-state index in [0.717, 1.165) is 57.4 Å². The van der Waals surface area contributed by atoms with E-state index in [1.807, 2.05) is 24.0 Å². The number of likely N-dealkylation sites (N-methyl/N-ethyl adjacent to an activating group) is 1. The highest BCUT2D eigenvalue weighted by molar-refractivity contribution is 7.15. The molecule has 0 radical (unpaired) electrons. The average molecular weight is 596 g/mol. The summed E-state index contributed by atoms with van der Waals surface area (Å²) in [6.07, 6.45) is 4.34. The maximum absolute atomic E-state index is 13.2. The minimum absolute atomic E-state index is 0.0279. The molecule has 2 saturated heterocycles. The van der Waals surface area contributed by atoms with Gasteiger partial charge in [0, 0.05) is 40.9 Å². The second-order valence-corrected chi connectivity index (χ2v) is 15.1. The summed E-state index contributed by atoms with van der Waals surface area (Å²) in [5.41, 5.74) is 2.87. The number of piperazine rings is 1. The van der Waals surface area contributed by atoms with Crippen molar-refractivity contribution < 1.29 is 24.5 Å². The molecule has 9 heteroatoms. The Labute approximate surface area is 254 Å². The number of hydrogen-bond donors (Lipinski definition) is 4. The number of benzene rings is 1. The summed E-state index contributed by atoms with van der Waals surface area (Å²) in [5.74, 6) is -0.0202. The molecule has 1 aromatic carbocycles. The number of aliphatic hydroxyl groups is 1. The minimum atomic E-state index is -0.541. The Balaban J connectivity index is 1.11. The minimum Gasteiger partial charge on any atom is -0.392 e. The van der Waals surface area contributed by atoms with Crippen LogP contribution in [0.3, 0.4) is 0 Å². The molecule has 0 spiro atoms. The number of anilines is 1. The first-order valence-electron chi connectivity index (χ1n) is 16.1. The predicted molar refractivity (Wildman–Crippen MR) is 165 cm³/mol. The second kappa shape index (κ2) is 12.0. The molecule has 4 aliphatic rings. The molecule has 8 nitrogen and oxygen atoms in total. The summed E-state index contributed by atoms with van der Waals surface area (Å²) >= 11 is 1.58. The van der Waals surface area contributed by atoms with E-state index in [4.69, 9.17) is 4.98 Å². The van der Waals surface area contributed by atoms with Crippen LogP contribution in [0, 0.1) is 23.2 Å². The van der Waals surface area contributed by atoms with Crippen molar-refractivity contribution >= 4 is 28.3 Å².